The fraction of sp³-hybridized carbons (Fsp3) is 0.273. The van der Waals surface area contributed by atoms with E-state index in [0.29, 0.717) is 6.54 Å². The molecule has 2 aromatic rings. The number of furan rings is 1. The summed E-state index contributed by atoms with van der Waals surface area (Å²) >= 11 is 0. The Morgan fingerprint density at radius 2 is 2.30 bits per heavy atom. The summed E-state index contributed by atoms with van der Waals surface area (Å²) in [4.78, 5) is 10.6. The van der Waals surface area contributed by atoms with Crippen LogP contribution in [0.2, 0.25) is 0 Å². The molecule has 2 aromatic heterocycles. The van der Waals surface area contributed by atoms with Gasteiger partial charge in [-0.25, -0.2) is 17.9 Å². The van der Waals surface area contributed by atoms with Gasteiger partial charge in [-0.1, -0.05) is 0 Å². The van der Waals surface area contributed by atoms with E-state index in [2.05, 4.69) is 9.82 Å². The number of sulfonamides is 1. The second kappa shape index (κ2) is 5.47. The van der Waals surface area contributed by atoms with E-state index in [1.54, 1.807) is 23.1 Å². The van der Waals surface area contributed by atoms with Crippen LogP contribution in [-0.4, -0.2) is 35.8 Å². The Balaban J connectivity index is 2.08. The van der Waals surface area contributed by atoms with E-state index in [0.717, 1.165) is 6.07 Å². The predicted molar refractivity (Wildman–Crippen MR) is 67.8 cm³/mol. The maximum atomic E-state index is 12.0. The summed E-state index contributed by atoms with van der Waals surface area (Å²) in [6.45, 7) is 1.90. The van der Waals surface area contributed by atoms with E-state index in [-0.39, 0.29) is 17.2 Å². The summed E-state index contributed by atoms with van der Waals surface area (Å²) < 4.78 is 32.9. The van der Waals surface area contributed by atoms with Crippen LogP contribution >= 0.6 is 0 Å². The highest BCUT2D eigenvalue weighted by atomic mass is 32.2. The minimum absolute atomic E-state index is 0.0361. The van der Waals surface area contributed by atoms with Crippen LogP contribution in [-0.2, 0) is 16.6 Å². The molecule has 0 amide bonds. The second-order valence-corrected chi connectivity index (χ2v) is 5.74. The average molecular weight is 299 g/mol. The smallest absolute Gasteiger partial charge is 0.371 e. The number of rotatable bonds is 6. The number of hydrogen-bond acceptors (Lipinski definition) is 5. The molecule has 2 rings (SSSR count). The molecule has 0 saturated carbocycles. The molecule has 0 aromatic carbocycles. The van der Waals surface area contributed by atoms with Crippen molar-refractivity contribution in [1.82, 2.24) is 14.5 Å². The van der Waals surface area contributed by atoms with E-state index in [4.69, 9.17) is 9.52 Å². The van der Waals surface area contributed by atoms with Gasteiger partial charge in [0.2, 0.25) is 15.8 Å². The number of carbonyl (C=O) groups is 1. The molecule has 0 unspecified atom stereocenters. The third kappa shape index (κ3) is 3.06. The SMILES string of the molecule is Cc1oc(C(=O)O)cc1S(=O)(=O)NCCn1cccn1. The zero-order valence-corrected chi connectivity index (χ0v) is 11.4. The lowest BCUT2D eigenvalue weighted by Crippen LogP contribution is -2.27. The van der Waals surface area contributed by atoms with Crippen LogP contribution in [0.5, 0.6) is 0 Å². The average Bonchev–Trinajstić information content (AvgIpc) is 2.98. The normalized spacial score (nSPS) is 11.7. The molecule has 0 bridgehead atoms. The molecule has 20 heavy (non-hydrogen) atoms. The number of aromatic carboxylic acids is 1. The fourth-order valence-corrected chi connectivity index (χ4v) is 2.84. The summed E-state index contributed by atoms with van der Waals surface area (Å²) in [7, 11) is -3.81. The standard InChI is InChI=1S/C11H13N3O5S/c1-8-10(7-9(19-8)11(15)16)20(17,18)13-4-6-14-5-2-3-12-14/h2-3,5,7,13H,4,6H2,1H3,(H,15,16). The van der Waals surface area contributed by atoms with Gasteiger partial charge in [0.1, 0.15) is 10.7 Å². The molecular formula is C11H13N3O5S. The van der Waals surface area contributed by atoms with E-state index in [1.165, 1.54) is 6.92 Å². The largest absolute Gasteiger partial charge is 0.475 e. The number of nitrogens with zero attached hydrogens (tertiary/aromatic N) is 2. The molecule has 0 fully saturated rings. The first-order valence-electron chi connectivity index (χ1n) is 5.71. The first-order chi connectivity index (χ1) is 9.40. The number of hydrogen-bond donors (Lipinski definition) is 2. The Kier molecular flexibility index (Phi) is 3.91. The van der Waals surface area contributed by atoms with Crippen molar-refractivity contribution in [2.75, 3.05) is 6.54 Å². The lowest BCUT2D eigenvalue weighted by atomic mass is 10.4. The quantitative estimate of drug-likeness (QED) is 0.801. The lowest BCUT2D eigenvalue weighted by molar-refractivity contribution is 0.0661. The molecule has 8 nitrogen and oxygen atoms in total. The molecular weight excluding hydrogens is 286 g/mol. The molecule has 0 aliphatic carbocycles. The van der Waals surface area contributed by atoms with Gasteiger partial charge in [-0.3, -0.25) is 4.68 Å². The van der Waals surface area contributed by atoms with Gasteiger partial charge in [0.25, 0.3) is 0 Å². The van der Waals surface area contributed by atoms with Crippen molar-refractivity contribution < 1.29 is 22.7 Å². The number of nitrogens with one attached hydrogen (secondary N) is 1. The number of carboxylic acids is 1. The second-order valence-electron chi connectivity index (χ2n) is 4.00. The summed E-state index contributed by atoms with van der Waals surface area (Å²) in [5.74, 6) is -1.69. The summed E-state index contributed by atoms with van der Waals surface area (Å²) in [6, 6.07) is 2.72. The number of carboxylic acid groups (broad SMARTS) is 1. The van der Waals surface area contributed by atoms with Gasteiger partial charge in [0, 0.05) is 25.0 Å². The van der Waals surface area contributed by atoms with Gasteiger partial charge >= 0.3 is 5.97 Å². The number of aromatic nitrogens is 2. The topological polar surface area (TPSA) is 114 Å². The molecule has 0 radical (unpaired) electrons. The van der Waals surface area contributed by atoms with E-state index in [1.807, 2.05) is 0 Å². The van der Waals surface area contributed by atoms with Gasteiger partial charge in [-0.2, -0.15) is 5.10 Å². The molecule has 2 N–H and O–H groups in total. The molecule has 0 atom stereocenters. The summed E-state index contributed by atoms with van der Waals surface area (Å²) in [5.41, 5.74) is 0. The highest BCUT2D eigenvalue weighted by Gasteiger charge is 2.23. The first kappa shape index (κ1) is 14.3. The van der Waals surface area contributed by atoms with Crippen molar-refractivity contribution in [2.45, 2.75) is 18.4 Å². The molecule has 9 heteroatoms. The van der Waals surface area contributed by atoms with Crippen molar-refractivity contribution in [2.24, 2.45) is 0 Å². The molecule has 108 valence electrons. The van der Waals surface area contributed by atoms with Crippen LogP contribution < -0.4 is 4.72 Å². The maximum Gasteiger partial charge on any atom is 0.371 e. The Hall–Kier alpha value is -2.13. The first-order valence-corrected chi connectivity index (χ1v) is 7.19. The van der Waals surface area contributed by atoms with Crippen LogP contribution in [0.4, 0.5) is 0 Å². The molecule has 0 saturated heterocycles. The van der Waals surface area contributed by atoms with Crippen LogP contribution in [0.1, 0.15) is 16.3 Å². The van der Waals surface area contributed by atoms with Gasteiger partial charge < -0.3 is 9.52 Å². The van der Waals surface area contributed by atoms with E-state index >= 15 is 0 Å². The van der Waals surface area contributed by atoms with Crippen molar-refractivity contribution in [3.63, 3.8) is 0 Å². The number of aryl methyl sites for hydroxylation is 1. The highest BCUT2D eigenvalue weighted by Crippen LogP contribution is 2.19. The summed E-state index contributed by atoms with van der Waals surface area (Å²) in [6.07, 6.45) is 3.30. The van der Waals surface area contributed by atoms with Crippen molar-refractivity contribution >= 4 is 16.0 Å². The van der Waals surface area contributed by atoms with Crippen LogP contribution in [0.25, 0.3) is 0 Å². The van der Waals surface area contributed by atoms with Crippen LogP contribution in [0.3, 0.4) is 0 Å². The lowest BCUT2D eigenvalue weighted by Gasteiger charge is -2.05. The Morgan fingerprint density at radius 1 is 1.55 bits per heavy atom. The van der Waals surface area contributed by atoms with Gasteiger partial charge in [-0.15, -0.1) is 0 Å². The van der Waals surface area contributed by atoms with Crippen molar-refractivity contribution in [3.05, 3.63) is 36.0 Å². The molecule has 2 heterocycles. The molecule has 0 aliphatic heterocycles. The van der Waals surface area contributed by atoms with Gasteiger partial charge in [-0.05, 0) is 13.0 Å². The Labute approximate surface area is 115 Å². The fourth-order valence-electron chi connectivity index (χ4n) is 1.64. The minimum atomic E-state index is -3.81. The third-order valence-corrected chi connectivity index (χ3v) is 4.13. The van der Waals surface area contributed by atoms with Crippen LogP contribution in [0.15, 0.2) is 33.8 Å². The molecule has 0 aliphatic rings. The van der Waals surface area contributed by atoms with Gasteiger partial charge in [0.15, 0.2) is 0 Å². The minimum Gasteiger partial charge on any atom is -0.475 e. The maximum absolute atomic E-state index is 12.0. The zero-order chi connectivity index (χ0) is 14.8. The van der Waals surface area contributed by atoms with Crippen molar-refractivity contribution in [3.8, 4) is 0 Å². The summed E-state index contributed by atoms with van der Waals surface area (Å²) in [5, 5.41) is 12.7. The third-order valence-electron chi connectivity index (χ3n) is 2.56. The van der Waals surface area contributed by atoms with E-state index in [9.17, 15) is 13.2 Å². The van der Waals surface area contributed by atoms with E-state index < -0.39 is 21.8 Å². The molecule has 0 spiro atoms. The van der Waals surface area contributed by atoms with Gasteiger partial charge in [0.05, 0.1) is 6.54 Å². The van der Waals surface area contributed by atoms with Crippen molar-refractivity contribution in [1.29, 1.82) is 0 Å². The zero-order valence-electron chi connectivity index (χ0n) is 10.6. The Morgan fingerprint density at radius 3 is 2.85 bits per heavy atom. The van der Waals surface area contributed by atoms with Crippen LogP contribution in [0, 0.1) is 6.92 Å². The monoisotopic (exact) mass is 299 g/mol. The highest BCUT2D eigenvalue weighted by molar-refractivity contribution is 7.89. The Bertz CT molecular complexity index is 703. The predicted octanol–water partition coefficient (Wildman–Crippen LogP) is 0.461.